The molecule has 0 aliphatic carbocycles. The van der Waals surface area contributed by atoms with E-state index in [9.17, 15) is 4.79 Å². The van der Waals surface area contributed by atoms with Crippen molar-refractivity contribution in [2.45, 2.75) is 13.3 Å². The van der Waals surface area contributed by atoms with Gasteiger partial charge in [0.2, 0.25) is 0 Å². The highest BCUT2D eigenvalue weighted by Gasteiger charge is 2.33. The highest BCUT2D eigenvalue weighted by Crippen LogP contribution is 2.26. The summed E-state index contributed by atoms with van der Waals surface area (Å²) in [6, 6.07) is 0. The van der Waals surface area contributed by atoms with Crippen LogP contribution < -0.4 is 0 Å². The maximum Gasteiger partial charge on any atom is 0.365 e. The molecule has 15 heavy (non-hydrogen) atoms. The largest absolute Gasteiger partial charge is 0.365 e. The van der Waals surface area contributed by atoms with E-state index in [4.69, 9.17) is 14.4 Å². The fraction of sp³-hybridized carbons (Fsp3) is 0.700. The summed E-state index contributed by atoms with van der Waals surface area (Å²) in [5, 5.41) is 0. The van der Waals surface area contributed by atoms with Gasteiger partial charge >= 0.3 is 5.97 Å². The molecular formula is C10H16O5. The van der Waals surface area contributed by atoms with Crippen LogP contribution in [-0.4, -0.2) is 32.6 Å². The molecule has 1 fully saturated rings. The number of carbonyl (C=O) groups excluding carboxylic acids is 1. The van der Waals surface area contributed by atoms with Gasteiger partial charge in [-0.25, -0.2) is 4.79 Å². The quantitative estimate of drug-likeness (QED) is 0.390. The minimum absolute atomic E-state index is 0.223. The standard InChI is InChI=1S/C10H16O5/c1-3-9(11)15-14-7-10(4-2)5-12-8-13-6-10/h3H,1,4-8H2,2H3. The molecule has 0 unspecified atom stereocenters. The maximum absolute atomic E-state index is 10.7. The number of ether oxygens (including phenoxy) is 2. The lowest BCUT2D eigenvalue weighted by atomic mass is 9.88. The Hall–Kier alpha value is -0.910. The first kappa shape index (κ1) is 12.2. The summed E-state index contributed by atoms with van der Waals surface area (Å²) in [5.74, 6) is -0.598. The van der Waals surface area contributed by atoms with Gasteiger partial charge in [0.05, 0.1) is 13.2 Å². The van der Waals surface area contributed by atoms with Gasteiger partial charge in [-0.2, -0.15) is 4.89 Å². The molecule has 0 spiro atoms. The van der Waals surface area contributed by atoms with Crippen molar-refractivity contribution in [3.63, 3.8) is 0 Å². The summed E-state index contributed by atoms with van der Waals surface area (Å²) in [4.78, 5) is 20.0. The molecule has 0 atom stereocenters. The molecule has 1 rings (SSSR count). The summed E-state index contributed by atoms with van der Waals surface area (Å²) in [5.41, 5.74) is -0.223. The van der Waals surface area contributed by atoms with Crippen LogP contribution in [0.4, 0.5) is 0 Å². The van der Waals surface area contributed by atoms with Crippen LogP contribution in [0.1, 0.15) is 13.3 Å². The van der Waals surface area contributed by atoms with Gasteiger partial charge in [-0.05, 0) is 6.42 Å². The van der Waals surface area contributed by atoms with Crippen LogP contribution >= 0.6 is 0 Å². The van der Waals surface area contributed by atoms with Crippen molar-refractivity contribution in [1.29, 1.82) is 0 Å². The van der Waals surface area contributed by atoms with Gasteiger partial charge in [-0.3, -0.25) is 4.89 Å². The van der Waals surface area contributed by atoms with E-state index in [0.717, 1.165) is 12.5 Å². The van der Waals surface area contributed by atoms with Gasteiger partial charge in [0, 0.05) is 11.5 Å². The number of carbonyl (C=O) groups is 1. The third-order valence-corrected chi connectivity index (χ3v) is 2.41. The zero-order chi connectivity index (χ0) is 11.1. The Kier molecular flexibility index (Phi) is 4.74. The Balaban J connectivity index is 2.32. The smallest absolute Gasteiger partial charge is 0.355 e. The predicted octanol–water partition coefficient (Wildman–Crippen LogP) is 1.05. The molecule has 0 bridgehead atoms. The van der Waals surface area contributed by atoms with Gasteiger partial charge in [-0.1, -0.05) is 13.5 Å². The molecule has 86 valence electrons. The highest BCUT2D eigenvalue weighted by molar-refractivity contribution is 5.80. The number of hydrogen-bond donors (Lipinski definition) is 0. The molecule has 5 heteroatoms. The number of hydrogen-bond acceptors (Lipinski definition) is 5. The topological polar surface area (TPSA) is 54.0 Å². The van der Waals surface area contributed by atoms with Crippen molar-refractivity contribution in [3.05, 3.63) is 12.7 Å². The molecule has 0 amide bonds. The SMILES string of the molecule is C=CC(=O)OOCC1(CC)COCOC1. The lowest BCUT2D eigenvalue weighted by Crippen LogP contribution is -2.41. The van der Waals surface area contributed by atoms with Gasteiger partial charge in [0.15, 0.2) is 0 Å². The first-order valence-electron chi connectivity index (χ1n) is 4.84. The molecule has 0 aromatic rings. The van der Waals surface area contributed by atoms with Crippen molar-refractivity contribution >= 4 is 5.97 Å². The molecule has 1 saturated heterocycles. The van der Waals surface area contributed by atoms with E-state index in [1.165, 1.54) is 0 Å². The molecule has 0 saturated carbocycles. The van der Waals surface area contributed by atoms with E-state index in [2.05, 4.69) is 11.5 Å². The lowest BCUT2D eigenvalue weighted by Gasteiger charge is -2.34. The Bertz CT molecular complexity index is 220. The van der Waals surface area contributed by atoms with Gasteiger partial charge in [0.25, 0.3) is 0 Å². The Morgan fingerprint density at radius 1 is 1.53 bits per heavy atom. The van der Waals surface area contributed by atoms with E-state index in [-0.39, 0.29) is 12.0 Å². The monoisotopic (exact) mass is 216 g/mol. The van der Waals surface area contributed by atoms with Crippen molar-refractivity contribution in [1.82, 2.24) is 0 Å². The molecule has 1 aliphatic rings. The molecule has 0 aromatic heterocycles. The normalized spacial score (nSPS) is 19.5. The molecule has 1 heterocycles. The third-order valence-electron chi connectivity index (χ3n) is 2.41. The first-order valence-corrected chi connectivity index (χ1v) is 4.84. The average molecular weight is 216 g/mol. The second kappa shape index (κ2) is 5.85. The zero-order valence-corrected chi connectivity index (χ0v) is 8.86. The zero-order valence-electron chi connectivity index (χ0n) is 8.86. The molecule has 5 nitrogen and oxygen atoms in total. The fourth-order valence-corrected chi connectivity index (χ4v) is 1.25. The van der Waals surface area contributed by atoms with E-state index >= 15 is 0 Å². The van der Waals surface area contributed by atoms with Crippen LogP contribution in [0.5, 0.6) is 0 Å². The van der Waals surface area contributed by atoms with Gasteiger partial charge in [-0.15, -0.1) is 0 Å². The summed E-state index contributed by atoms with van der Waals surface area (Å²) in [6.45, 7) is 6.95. The molecule has 0 N–H and O–H groups in total. The predicted molar refractivity (Wildman–Crippen MR) is 51.7 cm³/mol. The average Bonchev–Trinajstić information content (AvgIpc) is 2.30. The fourth-order valence-electron chi connectivity index (χ4n) is 1.25. The molecular weight excluding hydrogens is 200 g/mol. The van der Waals surface area contributed by atoms with Crippen LogP contribution in [-0.2, 0) is 24.0 Å². The van der Waals surface area contributed by atoms with Crippen LogP contribution in [0.3, 0.4) is 0 Å². The maximum atomic E-state index is 10.7. The van der Waals surface area contributed by atoms with E-state index in [1.807, 2.05) is 6.92 Å². The van der Waals surface area contributed by atoms with Crippen LogP contribution in [0.25, 0.3) is 0 Å². The second-order valence-corrected chi connectivity index (χ2v) is 3.54. The number of rotatable bonds is 5. The van der Waals surface area contributed by atoms with E-state index in [0.29, 0.717) is 20.0 Å². The minimum Gasteiger partial charge on any atom is -0.355 e. The van der Waals surface area contributed by atoms with Crippen molar-refractivity contribution in [2.75, 3.05) is 26.6 Å². The van der Waals surface area contributed by atoms with Crippen molar-refractivity contribution in [3.8, 4) is 0 Å². The first-order chi connectivity index (χ1) is 7.22. The van der Waals surface area contributed by atoms with Crippen LogP contribution in [0, 0.1) is 5.41 Å². The second-order valence-electron chi connectivity index (χ2n) is 3.54. The Morgan fingerprint density at radius 3 is 2.73 bits per heavy atom. The lowest BCUT2D eigenvalue weighted by molar-refractivity contribution is -0.297. The van der Waals surface area contributed by atoms with Gasteiger partial charge in [0.1, 0.15) is 13.4 Å². The summed E-state index contributed by atoms with van der Waals surface area (Å²) < 4.78 is 10.4. The van der Waals surface area contributed by atoms with Crippen molar-refractivity contribution in [2.24, 2.45) is 5.41 Å². The summed E-state index contributed by atoms with van der Waals surface area (Å²) in [7, 11) is 0. The molecule has 0 radical (unpaired) electrons. The third kappa shape index (κ3) is 3.62. The highest BCUT2D eigenvalue weighted by atomic mass is 17.2. The summed E-state index contributed by atoms with van der Waals surface area (Å²) >= 11 is 0. The summed E-state index contributed by atoms with van der Waals surface area (Å²) in [6.07, 6.45) is 1.88. The van der Waals surface area contributed by atoms with E-state index < -0.39 is 5.97 Å². The van der Waals surface area contributed by atoms with Gasteiger partial charge < -0.3 is 9.47 Å². The van der Waals surface area contributed by atoms with Crippen LogP contribution in [0.15, 0.2) is 12.7 Å². The Labute approximate surface area is 88.9 Å². The van der Waals surface area contributed by atoms with Crippen LogP contribution in [0.2, 0.25) is 0 Å². The van der Waals surface area contributed by atoms with Crippen molar-refractivity contribution < 1.29 is 24.0 Å². The minimum atomic E-state index is -0.598. The van der Waals surface area contributed by atoms with E-state index in [1.54, 1.807) is 0 Å². The Morgan fingerprint density at radius 2 is 2.20 bits per heavy atom. The molecule has 1 aliphatic heterocycles. The molecule has 0 aromatic carbocycles.